The Kier molecular flexibility index (Phi) is 5.44. The minimum atomic E-state index is -3.85. The van der Waals surface area contributed by atoms with Crippen LogP contribution < -0.4 is 0 Å². The van der Waals surface area contributed by atoms with Gasteiger partial charge in [0.25, 0.3) is 0 Å². The number of carbonyl (C=O) groups excluding carboxylic acids is 1. The number of carbonyl (C=O) groups is 1. The first kappa shape index (κ1) is 21.3. The highest BCUT2D eigenvalue weighted by molar-refractivity contribution is 7.89. The highest BCUT2D eigenvalue weighted by atomic mass is 32.2. The van der Waals surface area contributed by atoms with Crippen molar-refractivity contribution >= 4 is 16.0 Å². The molecule has 0 spiro atoms. The highest BCUT2D eigenvalue weighted by Gasteiger charge is 2.37. The number of esters is 1. The van der Waals surface area contributed by atoms with Crippen molar-refractivity contribution in [3.63, 3.8) is 0 Å². The van der Waals surface area contributed by atoms with Gasteiger partial charge in [-0.3, -0.25) is 0 Å². The summed E-state index contributed by atoms with van der Waals surface area (Å²) in [5, 5.41) is 8.29. The number of rotatable bonds is 5. The summed E-state index contributed by atoms with van der Waals surface area (Å²) in [5.74, 6) is -0.328. The Balaban J connectivity index is 1.79. The number of sulfonamides is 1. The molecule has 1 aliphatic heterocycles. The Bertz CT molecular complexity index is 1220. The Morgan fingerprint density at radius 2 is 1.90 bits per heavy atom. The minimum Gasteiger partial charge on any atom is -0.461 e. The SMILES string of the molecule is CCOC(=O)c1nn(-c2ccc(C)cc2)c2c1CN(S(=O)(=O)c1c(C)noc1C)CC2. The van der Waals surface area contributed by atoms with Crippen LogP contribution in [0.1, 0.15) is 45.7 Å². The molecule has 0 N–H and O–H groups in total. The maximum atomic E-state index is 13.3. The molecule has 164 valence electrons. The van der Waals surface area contributed by atoms with E-state index in [2.05, 4.69) is 10.3 Å². The molecule has 4 rings (SSSR count). The topological polar surface area (TPSA) is 108 Å². The number of fused-ring (bicyclic) bond motifs is 1. The van der Waals surface area contributed by atoms with Crippen molar-refractivity contribution < 1.29 is 22.5 Å². The van der Waals surface area contributed by atoms with Crippen LogP contribution in [0.5, 0.6) is 0 Å². The molecule has 1 aromatic carbocycles. The van der Waals surface area contributed by atoms with Gasteiger partial charge in [0.2, 0.25) is 10.0 Å². The van der Waals surface area contributed by atoms with Gasteiger partial charge in [0.05, 0.1) is 18.0 Å². The lowest BCUT2D eigenvalue weighted by atomic mass is 10.1. The van der Waals surface area contributed by atoms with Gasteiger partial charge in [-0.15, -0.1) is 0 Å². The van der Waals surface area contributed by atoms with Crippen molar-refractivity contribution in [3.8, 4) is 5.69 Å². The Morgan fingerprint density at radius 1 is 1.19 bits per heavy atom. The molecular formula is C21H24N4O5S. The van der Waals surface area contributed by atoms with Crippen LogP contribution in [0, 0.1) is 20.8 Å². The van der Waals surface area contributed by atoms with Crippen LogP contribution in [0.3, 0.4) is 0 Å². The Labute approximate surface area is 180 Å². The first-order valence-corrected chi connectivity index (χ1v) is 11.5. The minimum absolute atomic E-state index is 0.0156. The molecule has 9 nitrogen and oxygen atoms in total. The molecule has 0 aliphatic carbocycles. The van der Waals surface area contributed by atoms with Gasteiger partial charge in [-0.25, -0.2) is 17.9 Å². The molecule has 31 heavy (non-hydrogen) atoms. The Morgan fingerprint density at radius 3 is 2.52 bits per heavy atom. The predicted molar refractivity (Wildman–Crippen MR) is 112 cm³/mol. The van der Waals surface area contributed by atoms with Crippen LogP contribution in [0.4, 0.5) is 0 Å². The number of nitrogens with zero attached hydrogens (tertiary/aromatic N) is 4. The van der Waals surface area contributed by atoms with Gasteiger partial charge >= 0.3 is 5.97 Å². The number of ether oxygens (including phenoxy) is 1. The predicted octanol–water partition coefficient (Wildman–Crippen LogP) is 2.71. The third-order valence-electron chi connectivity index (χ3n) is 5.34. The first-order chi connectivity index (χ1) is 14.7. The fourth-order valence-electron chi connectivity index (χ4n) is 3.83. The molecule has 0 bridgehead atoms. The van der Waals surface area contributed by atoms with E-state index in [1.807, 2.05) is 31.2 Å². The third kappa shape index (κ3) is 3.66. The summed E-state index contributed by atoms with van der Waals surface area (Å²) in [6.07, 6.45) is 0.401. The number of benzene rings is 1. The fraction of sp³-hybridized carbons (Fsp3) is 0.381. The van der Waals surface area contributed by atoms with E-state index in [1.165, 1.54) is 4.31 Å². The Hall–Kier alpha value is -2.98. The molecule has 0 saturated heterocycles. The number of aryl methyl sites for hydroxylation is 3. The zero-order valence-electron chi connectivity index (χ0n) is 17.9. The molecule has 0 amide bonds. The summed E-state index contributed by atoms with van der Waals surface area (Å²) >= 11 is 0. The number of hydrogen-bond acceptors (Lipinski definition) is 7. The third-order valence-corrected chi connectivity index (χ3v) is 7.43. The maximum Gasteiger partial charge on any atom is 0.359 e. The van der Waals surface area contributed by atoms with Crippen LogP contribution in [0.25, 0.3) is 5.69 Å². The lowest BCUT2D eigenvalue weighted by Gasteiger charge is -2.27. The molecular weight excluding hydrogens is 420 g/mol. The standard InChI is InChI=1S/C21H24N4O5S/c1-5-29-21(26)19-17-12-24(31(27,28)20-14(3)23-30-15(20)4)11-10-18(17)25(22-19)16-8-6-13(2)7-9-16/h6-9H,5,10-12H2,1-4H3. The van der Waals surface area contributed by atoms with Crippen molar-refractivity contribution in [3.05, 3.63) is 58.2 Å². The molecule has 0 fully saturated rings. The van der Waals surface area contributed by atoms with E-state index in [0.29, 0.717) is 17.7 Å². The second-order valence-corrected chi connectivity index (χ2v) is 9.36. The zero-order valence-corrected chi connectivity index (χ0v) is 18.7. The summed E-state index contributed by atoms with van der Waals surface area (Å²) in [5.41, 5.74) is 3.71. The largest absolute Gasteiger partial charge is 0.461 e. The van der Waals surface area contributed by atoms with E-state index in [9.17, 15) is 13.2 Å². The summed E-state index contributed by atoms with van der Waals surface area (Å²) in [7, 11) is -3.85. The van der Waals surface area contributed by atoms with Gasteiger partial charge in [-0.1, -0.05) is 22.9 Å². The van der Waals surface area contributed by atoms with E-state index in [1.54, 1.807) is 25.5 Å². The van der Waals surface area contributed by atoms with Gasteiger partial charge in [-0.2, -0.15) is 9.40 Å². The van der Waals surface area contributed by atoms with Gasteiger partial charge in [0, 0.05) is 25.1 Å². The van der Waals surface area contributed by atoms with E-state index < -0.39 is 16.0 Å². The molecule has 3 aromatic rings. The number of hydrogen-bond donors (Lipinski definition) is 0. The van der Waals surface area contributed by atoms with Gasteiger partial charge < -0.3 is 9.26 Å². The summed E-state index contributed by atoms with van der Waals surface area (Å²) in [6, 6.07) is 7.77. The molecule has 0 unspecified atom stereocenters. The van der Waals surface area contributed by atoms with Crippen LogP contribution in [-0.4, -0.2) is 46.8 Å². The summed E-state index contributed by atoms with van der Waals surface area (Å²) in [6.45, 7) is 7.34. The van der Waals surface area contributed by atoms with Crippen molar-refractivity contribution in [2.24, 2.45) is 0 Å². The summed E-state index contributed by atoms with van der Waals surface area (Å²) in [4.78, 5) is 12.7. The summed E-state index contributed by atoms with van der Waals surface area (Å²) < 4.78 is 39.9. The average molecular weight is 445 g/mol. The molecule has 2 aromatic heterocycles. The zero-order chi connectivity index (χ0) is 22.3. The van der Waals surface area contributed by atoms with Gasteiger partial charge in [0.1, 0.15) is 10.6 Å². The maximum absolute atomic E-state index is 13.3. The fourth-order valence-corrected chi connectivity index (χ4v) is 5.53. The lowest BCUT2D eigenvalue weighted by molar-refractivity contribution is 0.0517. The highest BCUT2D eigenvalue weighted by Crippen LogP contribution is 2.31. The molecule has 0 atom stereocenters. The van der Waals surface area contributed by atoms with Crippen LogP contribution >= 0.6 is 0 Å². The van der Waals surface area contributed by atoms with E-state index in [4.69, 9.17) is 9.26 Å². The van der Waals surface area contributed by atoms with Crippen LogP contribution in [0.2, 0.25) is 0 Å². The lowest BCUT2D eigenvalue weighted by Crippen LogP contribution is -2.37. The average Bonchev–Trinajstić information content (AvgIpc) is 3.28. The van der Waals surface area contributed by atoms with Crippen molar-refractivity contribution in [1.82, 2.24) is 19.2 Å². The van der Waals surface area contributed by atoms with E-state index in [0.717, 1.165) is 16.9 Å². The monoisotopic (exact) mass is 444 g/mol. The smallest absolute Gasteiger partial charge is 0.359 e. The quantitative estimate of drug-likeness (QED) is 0.557. The van der Waals surface area contributed by atoms with Crippen molar-refractivity contribution in [1.29, 1.82) is 0 Å². The molecule has 3 heterocycles. The van der Waals surface area contributed by atoms with Gasteiger partial charge in [-0.05, 0) is 39.8 Å². The molecule has 0 saturated carbocycles. The van der Waals surface area contributed by atoms with Crippen LogP contribution in [-0.2, 0) is 27.7 Å². The van der Waals surface area contributed by atoms with E-state index in [-0.39, 0.29) is 36.0 Å². The van der Waals surface area contributed by atoms with Crippen molar-refractivity contribution in [2.45, 2.75) is 45.6 Å². The number of aromatic nitrogens is 3. The first-order valence-electron chi connectivity index (χ1n) is 10.0. The normalized spacial score (nSPS) is 14.5. The second-order valence-electron chi connectivity index (χ2n) is 7.48. The molecule has 0 radical (unpaired) electrons. The van der Waals surface area contributed by atoms with Crippen molar-refractivity contribution in [2.75, 3.05) is 13.2 Å². The van der Waals surface area contributed by atoms with Gasteiger partial charge in [0.15, 0.2) is 11.5 Å². The van der Waals surface area contributed by atoms with E-state index >= 15 is 0 Å². The molecule has 1 aliphatic rings. The molecule has 10 heteroatoms. The van der Waals surface area contributed by atoms with Crippen LogP contribution in [0.15, 0.2) is 33.7 Å². The second kappa shape index (κ2) is 7.93.